The lowest BCUT2D eigenvalue weighted by atomic mass is 10.0. The fourth-order valence-electron chi connectivity index (χ4n) is 4.07. The Morgan fingerprint density at radius 1 is 0.610 bits per heavy atom. The number of benzene rings is 4. The van der Waals surface area contributed by atoms with Crippen LogP contribution < -0.4 is 14.2 Å². The third-order valence-electron chi connectivity index (χ3n) is 5.89. The highest BCUT2D eigenvalue weighted by molar-refractivity contribution is 5.91. The Labute approximate surface area is 236 Å². The highest BCUT2D eigenvalue weighted by Gasteiger charge is 2.19. The van der Waals surface area contributed by atoms with Gasteiger partial charge >= 0.3 is 17.3 Å². The van der Waals surface area contributed by atoms with Crippen LogP contribution in [-0.4, -0.2) is 28.0 Å². The van der Waals surface area contributed by atoms with Gasteiger partial charge in [-0.05, 0) is 86.3 Å². The third-order valence-corrected chi connectivity index (χ3v) is 5.89. The highest BCUT2D eigenvalue weighted by Crippen LogP contribution is 2.35. The molecule has 10 nitrogen and oxygen atoms in total. The molecular weight excluding hydrogens is 528 g/mol. The topological polar surface area (TPSA) is 131 Å². The summed E-state index contributed by atoms with van der Waals surface area (Å²) in [5.74, 6) is 0.103. The Balaban J connectivity index is 1.47. The van der Waals surface area contributed by atoms with Gasteiger partial charge in [-0.3, -0.25) is 20.2 Å². The molecule has 0 amide bonds. The molecule has 41 heavy (non-hydrogen) atoms. The van der Waals surface area contributed by atoms with Gasteiger partial charge in [0.05, 0.1) is 27.6 Å². The van der Waals surface area contributed by atoms with E-state index in [1.807, 2.05) is 0 Å². The van der Waals surface area contributed by atoms with Gasteiger partial charge < -0.3 is 14.2 Å². The number of ether oxygens (including phenoxy) is 3. The lowest BCUT2D eigenvalue weighted by Crippen LogP contribution is -2.08. The van der Waals surface area contributed by atoms with Crippen molar-refractivity contribution in [2.45, 2.75) is 39.9 Å². The summed E-state index contributed by atoms with van der Waals surface area (Å²) in [4.78, 5) is 34.8. The van der Waals surface area contributed by atoms with Crippen LogP contribution in [0.2, 0.25) is 0 Å². The molecule has 0 aliphatic heterocycles. The molecule has 0 heterocycles. The van der Waals surface area contributed by atoms with Gasteiger partial charge in [-0.1, -0.05) is 36.4 Å². The van der Waals surface area contributed by atoms with E-state index in [2.05, 4.69) is 0 Å². The zero-order chi connectivity index (χ0) is 29.7. The van der Waals surface area contributed by atoms with Crippen molar-refractivity contribution >= 4 is 17.3 Å². The fraction of sp³-hybridized carbons (Fsp3) is 0.194. The quantitative estimate of drug-likeness (QED) is 0.0843. The molecule has 0 N–H and O–H groups in total. The molecule has 0 aliphatic carbocycles. The number of hydrogen-bond acceptors (Lipinski definition) is 8. The van der Waals surface area contributed by atoms with Gasteiger partial charge in [-0.2, -0.15) is 0 Å². The van der Waals surface area contributed by atoms with Crippen molar-refractivity contribution in [2.75, 3.05) is 0 Å². The van der Waals surface area contributed by atoms with E-state index in [9.17, 15) is 25.0 Å². The molecule has 0 aromatic heterocycles. The average Bonchev–Trinajstić information content (AvgIpc) is 2.93. The zero-order valence-electron chi connectivity index (χ0n) is 22.9. The Kier molecular flexibility index (Phi) is 8.62. The van der Waals surface area contributed by atoms with E-state index < -0.39 is 15.8 Å². The fourth-order valence-corrected chi connectivity index (χ4v) is 4.07. The van der Waals surface area contributed by atoms with E-state index in [1.54, 1.807) is 100 Å². The molecule has 4 aromatic rings. The molecule has 0 spiro atoms. The number of esters is 1. The van der Waals surface area contributed by atoms with Crippen LogP contribution in [-0.2, 0) is 0 Å². The van der Waals surface area contributed by atoms with Crippen LogP contribution in [0.25, 0.3) is 22.3 Å². The molecule has 0 unspecified atom stereocenters. The summed E-state index contributed by atoms with van der Waals surface area (Å²) >= 11 is 0. The van der Waals surface area contributed by atoms with Crippen LogP contribution in [0.5, 0.6) is 17.2 Å². The van der Waals surface area contributed by atoms with Gasteiger partial charge in [0, 0.05) is 12.1 Å². The predicted octanol–water partition coefficient (Wildman–Crippen LogP) is 7.63. The smallest absolute Gasteiger partial charge is 0.343 e. The lowest BCUT2D eigenvalue weighted by molar-refractivity contribution is -0.386. The van der Waals surface area contributed by atoms with Gasteiger partial charge in [-0.25, -0.2) is 4.79 Å². The minimum atomic E-state index is -0.582. The summed E-state index contributed by atoms with van der Waals surface area (Å²) < 4.78 is 16.6. The number of nitrogens with zero attached hydrogens (tertiary/aromatic N) is 2. The molecule has 0 saturated carbocycles. The van der Waals surface area contributed by atoms with E-state index in [0.29, 0.717) is 33.6 Å². The average molecular weight is 557 g/mol. The van der Waals surface area contributed by atoms with Crippen molar-refractivity contribution in [3.05, 3.63) is 111 Å². The summed E-state index contributed by atoms with van der Waals surface area (Å²) in [6.45, 7) is 7.17. The summed E-state index contributed by atoms with van der Waals surface area (Å²) in [6, 6.07) is 22.6. The van der Waals surface area contributed by atoms with Gasteiger partial charge in [0.2, 0.25) is 0 Å². The largest absolute Gasteiger partial charge is 0.484 e. The summed E-state index contributed by atoms with van der Waals surface area (Å²) in [5, 5.41) is 23.1. The van der Waals surface area contributed by atoms with Gasteiger partial charge in [-0.15, -0.1) is 0 Å². The van der Waals surface area contributed by atoms with E-state index in [1.165, 1.54) is 12.1 Å². The van der Waals surface area contributed by atoms with Crippen molar-refractivity contribution in [2.24, 2.45) is 0 Å². The van der Waals surface area contributed by atoms with Gasteiger partial charge in [0.25, 0.3) is 0 Å². The van der Waals surface area contributed by atoms with Crippen LogP contribution in [0.3, 0.4) is 0 Å². The molecule has 10 heteroatoms. The Morgan fingerprint density at radius 2 is 1.00 bits per heavy atom. The third kappa shape index (κ3) is 7.04. The normalized spacial score (nSPS) is 10.9. The zero-order valence-corrected chi connectivity index (χ0v) is 22.9. The second-order valence-electron chi connectivity index (χ2n) is 9.70. The molecule has 0 saturated heterocycles. The molecule has 210 valence electrons. The van der Waals surface area contributed by atoms with E-state index >= 15 is 0 Å². The standard InChI is InChI=1S/C31H28N2O8/c1-19(2)39-29-15-11-24(17-27(29)32(35)36)21-5-7-23(8-6-21)31(34)41-26-13-9-22(10-14-26)25-12-16-30(40-20(3)4)28(18-25)33(37)38/h5-20H,1-4H3. The first-order chi connectivity index (χ1) is 19.5. The molecule has 4 aromatic carbocycles. The minimum absolute atomic E-state index is 0.135. The predicted molar refractivity (Wildman–Crippen MR) is 154 cm³/mol. The van der Waals surface area contributed by atoms with Gasteiger partial charge in [0.1, 0.15) is 5.75 Å². The highest BCUT2D eigenvalue weighted by atomic mass is 16.6. The van der Waals surface area contributed by atoms with Crippen molar-refractivity contribution in [1.82, 2.24) is 0 Å². The Morgan fingerprint density at radius 3 is 1.39 bits per heavy atom. The van der Waals surface area contributed by atoms with E-state index in [-0.39, 0.29) is 35.1 Å². The number of rotatable bonds is 10. The molecule has 0 radical (unpaired) electrons. The van der Waals surface area contributed by atoms with Crippen LogP contribution in [0.1, 0.15) is 38.1 Å². The minimum Gasteiger partial charge on any atom is -0.484 e. The maximum absolute atomic E-state index is 12.7. The maximum atomic E-state index is 12.7. The molecule has 0 fully saturated rings. The lowest BCUT2D eigenvalue weighted by Gasteiger charge is -2.11. The number of carbonyl (C=O) groups excluding carboxylic acids is 1. The number of nitro benzene ring substituents is 2. The summed E-state index contributed by atoms with van der Waals surface area (Å²) in [5.41, 5.74) is 2.62. The van der Waals surface area contributed by atoms with E-state index in [4.69, 9.17) is 14.2 Å². The molecule has 0 bridgehead atoms. The van der Waals surface area contributed by atoms with Gasteiger partial charge in [0.15, 0.2) is 11.5 Å². The van der Waals surface area contributed by atoms with Crippen molar-refractivity contribution in [3.63, 3.8) is 0 Å². The first kappa shape index (κ1) is 28.8. The van der Waals surface area contributed by atoms with Crippen LogP contribution in [0, 0.1) is 20.2 Å². The van der Waals surface area contributed by atoms with Crippen molar-refractivity contribution < 1.29 is 28.9 Å². The van der Waals surface area contributed by atoms with Crippen LogP contribution >= 0.6 is 0 Å². The molecular formula is C31H28N2O8. The first-order valence-electron chi connectivity index (χ1n) is 12.8. The Bertz CT molecular complexity index is 1580. The molecule has 0 atom stereocenters. The number of nitro groups is 2. The second kappa shape index (κ2) is 12.3. The van der Waals surface area contributed by atoms with Crippen molar-refractivity contribution in [3.8, 4) is 39.5 Å². The summed E-state index contributed by atoms with van der Waals surface area (Å²) in [6.07, 6.45) is -0.416. The SMILES string of the molecule is CC(C)Oc1ccc(-c2ccc(OC(=O)c3ccc(-c4ccc(OC(C)C)c([N+](=O)[O-])c4)cc3)cc2)cc1[N+](=O)[O-]. The maximum Gasteiger partial charge on any atom is 0.343 e. The monoisotopic (exact) mass is 556 g/mol. The van der Waals surface area contributed by atoms with Crippen LogP contribution in [0.4, 0.5) is 11.4 Å². The van der Waals surface area contributed by atoms with Crippen molar-refractivity contribution in [1.29, 1.82) is 0 Å². The second-order valence-corrected chi connectivity index (χ2v) is 9.70. The summed E-state index contributed by atoms with van der Waals surface area (Å²) in [7, 11) is 0. The number of hydrogen-bond donors (Lipinski definition) is 0. The molecule has 4 rings (SSSR count). The first-order valence-corrected chi connectivity index (χ1v) is 12.8. The van der Waals surface area contributed by atoms with E-state index in [0.717, 1.165) is 0 Å². The number of carbonyl (C=O) groups is 1. The van der Waals surface area contributed by atoms with Crippen LogP contribution in [0.15, 0.2) is 84.9 Å². The molecule has 0 aliphatic rings. The Hall–Kier alpha value is -5.25.